The van der Waals surface area contributed by atoms with Crippen LogP contribution in [0.2, 0.25) is 0 Å². The van der Waals surface area contributed by atoms with E-state index in [1.165, 1.54) is 51.4 Å². The zero-order valence-electron chi connectivity index (χ0n) is 43.3. The molecule has 380 valence electrons. The van der Waals surface area contributed by atoms with Gasteiger partial charge in [0.2, 0.25) is 0 Å². The lowest BCUT2D eigenvalue weighted by Gasteiger charge is -2.18. The first-order valence-electron chi connectivity index (χ1n) is 27.0. The molecule has 0 aliphatic heterocycles. The monoisotopic (exact) mass is 937 g/mol. The highest BCUT2D eigenvalue weighted by Gasteiger charge is 2.19. The number of rotatable bonds is 46. The summed E-state index contributed by atoms with van der Waals surface area (Å²) in [5, 5.41) is 0. The van der Waals surface area contributed by atoms with Crippen LogP contribution in [-0.2, 0) is 28.6 Å². The van der Waals surface area contributed by atoms with E-state index in [2.05, 4.69) is 87.6 Å². The summed E-state index contributed by atoms with van der Waals surface area (Å²) in [6.45, 7) is 6.26. The van der Waals surface area contributed by atoms with Gasteiger partial charge in [0.15, 0.2) is 6.10 Å². The molecule has 0 aromatic heterocycles. The van der Waals surface area contributed by atoms with Crippen molar-refractivity contribution in [2.75, 3.05) is 13.2 Å². The minimum Gasteiger partial charge on any atom is -0.462 e. The number of carbonyl (C=O) groups excluding carboxylic acids is 3. The number of unbranched alkanes of at least 4 members (excludes halogenated alkanes) is 20. The van der Waals surface area contributed by atoms with E-state index in [4.69, 9.17) is 14.2 Å². The molecule has 0 rings (SSSR count). The molecule has 0 heterocycles. The van der Waals surface area contributed by atoms with E-state index in [1.807, 2.05) is 79.0 Å². The minimum absolute atomic E-state index is 0.117. The van der Waals surface area contributed by atoms with Crippen molar-refractivity contribution >= 4 is 17.9 Å². The van der Waals surface area contributed by atoms with E-state index in [0.29, 0.717) is 19.3 Å². The van der Waals surface area contributed by atoms with Crippen molar-refractivity contribution in [2.45, 2.75) is 213 Å². The molecule has 1 unspecified atom stereocenters. The first kappa shape index (κ1) is 63.3. The number of carbonyl (C=O) groups is 3. The predicted molar refractivity (Wildman–Crippen MR) is 292 cm³/mol. The van der Waals surface area contributed by atoms with Crippen molar-refractivity contribution in [2.24, 2.45) is 0 Å². The van der Waals surface area contributed by atoms with Gasteiger partial charge >= 0.3 is 17.9 Å². The summed E-state index contributed by atoms with van der Waals surface area (Å²) in [6, 6.07) is 0. The lowest BCUT2D eigenvalue weighted by molar-refractivity contribution is -0.167. The van der Waals surface area contributed by atoms with Crippen LogP contribution in [0.4, 0.5) is 0 Å². The molecule has 0 aliphatic carbocycles. The number of ether oxygens (including phenoxy) is 3. The van der Waals surface area contributed by atoms with E-state index < -0.39 is 6.10 Å². The molecule has 0 amide bonds. The fraction of sp³-hybridized carbons (Fsp3) is 0.565. The van der Waals surface area contributed by atoms with Crippen molar-refractivity contribution in [1.82, 2.24) is 0 Å². The summed E-state index contributed by atoms with van der Waals surface area (Å²) in [5.41, 5.74) is 0. The van der Waals surface area contributed by atoms with Crippen LogP contribution in [0, 0.1) is 0 Å². The zero-order chi connectivity index (χ0) is 49.3. The van der Waals surface area contributed by atoms with Gasteiger partial charge in [-0.3, -0.25) is 14.4 Å². The highest BCUT2D eigenvalue weighted by atomic mass is 16.6. The van der Waals surface area contributed by atoms with Crippen LogP contribution in [0.1, 0.15) is 207 Å². The van der Waals surface area contributed by atoms with E-state index in [1.54, 1.807) is 0 Å². The Morgan fingerprint density at radius 3 is 0.926 bits per heavy atom. The zero-order valence-corrected chi connectivity index (χ0v) is 43.3. The van der Waals surface area contributed by atoms with E-state index in [9.17, 15) is 14.4 Å². The maximum Gasteiger partial charge on any atom is 0.306 e. The Balaban J connectivity index is 4.57. The molecule has 1 atom stereocenters. The molecule has 0 radical (unpaired) electrons. The Hall–Kier alpha value is -4.71. The predicted octanol–water partition coefficient (Wildman–Crippen LogP) is 18.0. The van der Waals surface area contributed by atoms with E-state index in [0.717, 1.165) is 109 Å². The van der Waals surface area contributed by atoms with Crippen molar-refractivity contribution in [3.05, 3.63) is 146 Å². The van der Waals surface area contributed by atoms with Gasteiger partial charge < -0.3 is 14.2 Å². The fourth-order valence-corrected chi connectivity index (χ4v) is 6.83. The van der Waals surface area contributed by atoms with Crippen LogP contribution in [0.25, 0.3) is 0 Å². The Bertz CT molecular complexity index is 1540. The Kier molecular flexibility index (Phi) is 51.1. The van der Waals surface area contributed by atoms with Gasteiger partial charge in [-0.05, 0) is 83.5 Å². The number of allylic oxidation sites excluding steroid dienone is 24. The third-order valence-electron chi connectivity index (χ3n) is 10.8. The molecule has 6 nitrogen and oxygen atoms in total. The first-order valence-corrected chi connectivity index (χ1v) is 27.0. The molecule has 68 heavy (non-hydrogen) atoms. The summed E-state index contributed by atoms with van der Waals surface area (Å²) < 4.78 is 16.8. The van der Waals surface area contributed by atoms with Crippen LogP contribution in [0.5, 0.6) is 0 Å². The lowest BCUT2D eigenvalue weighted by atomic mass is 10.1. The van der Waals surface area contributed by atoms with Gasteiger partial charge in [-0.15, -0.1) is 0 Å². The highest BCUT2D eigenvalue weighted by Crippen LogP contribution is 2.13. The van der Waals surface area contributed by atoms with Gasteiger partial charge in [0.05, 0.1) is 0 Å². The third kappa shape index (κ3) is 52.3. The van der Waals surface area contributed by atoms with E-state index in [-0.39, 0.29) is 37.5 Å². The molecule has 0 bridgehead atoms. The molecule has 0 spiro atoms. The smallest absolute Gasteiger partial charge is 0.306 e. The molecule has 0 saturated heterocycles. The SMILES string of the molecule is CC/C=C/C=C/C=C/C=C/C=C/C=C/C=C/CCCCCC(=O)OCC(COC(=O)CCCCCCC/C=C/C=C/C=C/CC)OC(=O)CCCCCCC/C=C/C=C/CCCCCCCCC. The van der Waals surface area contributed by atoms with Gasteiger partial charge in [-0.1, -0.05) is 250 Å². The lowest BCUT2D eigenvalue weighted by Crippen LogP contribution is -2.30. The normalized spacial score (nSPS) is 13.3. The number of hydrogen-bond donors (Lipinski definition) is 0. The molecule has 0 aliphatic rings. The molecule has 6 heteroatoms. The molecule has 0 fully saturated rings. The fourth-order valence-electron chi connectivity index (χ4n) is 6.83. The van der Waals surface area contributed by atoms with Crippen molar-refractivity contribution in [3.8, 4) is 0 Å². The average Bonchev–Trinajstić information content (AvgIpc) is 3.34. The number of esters is 3. The number of hydrogen-bond acceptors (Lipinski definition) is 6. The molecular weight excluding hydrogens is 841 g/mol. The minimum atomic E-state index is -0.821. The Labute approximate surface area is 417 Å². The maximum atomic E-state index is 12.8. The van der Waals surface area contributed by atoms with Crippen LogP contribution in [0.3, 0.4) is 0 Å². The topological polar surface area (TPSA) is 78.9 Å². The Morgan fingerprint density at radius 1 is 0.309 bits per heavy atom. The van der Waals surface area contributed by atoms with Gasteiger partial charge in [-0.2, -0.15) is 0 Å². The van der Waals surface area contributed by atoms with Crippen molar-refractivity contribution in [1.29, 1.82) is 0 Å². The quantitative estimate of drug-likeness (QED) is 0.0262. The Morgan fingerprint density at radius 2 is 0.574 bits per heavy atom. The molecule has 0 saturated carbocycles. The molecular formula is C62H96O6. The summed E-state index contributed by atoms with van der Waals surface area (Å²) in [6.07, 6.45) is 78.3. The van der Waals surface area contributed by atoms with Crippen molar-refractivity contribution in [3.63, 3.8) is 0 Å². The summed E-state index contributed by atoms with van der Waals surface area (Å²) in [7, 11) is 0. The van der Waals surface area contributed by atoms with Crippen LogP contribution in [0.15, 0.2) is 146 Å². The molecule has 0 aromatic carbocycles. The molecule has 0 aromatic rings. The van der Waals surface area contributed by atoms with Crippen LogP contribution < -0.4 is 0 Å². The second-order valence-corrected chi connectivity index (χ2v) is 17.3. The third-order valence-corrected chi connectivity index (χ3v) is 10.8. The second-order valence-electron chi connectivity index (χ2n) is 17.3. The summed E-state index contributed by atoms with van der Waals surface area (Å²) >= 11 is 0. The van der Waals surface area contributed by atoms with Gasteiger partial charge in [0, 0.05) is 19.3 Å². The van der Waals surface area contributed by atoms with Gasteiger partial charge in [0.25, 0.3) is 0 Å². The maximum absolute atomic E-state index is 12.8. The molecule has 0 N–H and O–H groups in total. The summed E-state index contributed by atoms with van der Waals surface area (Å²) in [5.74, 6) is -1.01. The van der Waals surface area contributed by atoms with E-state index >= 15 is 0 Å². The average molecular weight is 937 g/mol. The summed E-state index contributed by atoms with van der Waals surface area (Å²) in [4.78, 5) is 38.1. The first-order chi connectivity index (χ1) is 33.5. The largest absolute Gasteiger partial charge is 0.462 e. The second kappa shape index (κ2) is 54.9. The van der Waals surface area contributed by atoms with Crippen molar-refractivity contribution < 1.29 is 28.6 Å². The standard InChI is InChI=1S/C62H96O6/c1-4-7-10-13-16-19-22-25-27-29-31-33-34-37-40-43-46-49-52-55-61(64)67-58-59(57-66-60(63)54-51-48-45-42-39-36-24-21-18-15-12-9-6-3)68-62(65)56-53-50-47-44-41-38-35-32-30-28-26-23-20-17-14-11-8-5-2/h7,9-10,12-13,15-16,18-19,21-22,24-25,27-35,37,40,59H,4-6,8,11,14,17,20,23,26,36,38-39,41-58H2,1-3H3/b10-7+,12-9+,16-13+,18-15+,22-19+,24-21+,27-25+,30-28+,31-29+,34-33+,35-32+,40-37+. The van der Waals surface area contributed by atoms with Gasteiger partial charge in [0.1, 0.15) is 13.2 Å². The van der Waals surface area contributed by atoms with Crippen LogP contribution in [-0.4, -0.2) is 37.2 Å². The van der Waals surface area contributed by atoms with Crippen LogP contribution >= 0.6 is 0 Å². The highest BCUT2D eigenvalue weighted by molar-refractivity contribution is 5.71. The van der Waals surface area contributed by atoms with Gasteiger partial charge in [-0.25, -0.2) is 0 Å².